The lowest BCUT2D eigenvalue weighted by atomic mass is 9.84. The van der Waals surface area contributed by atoms with Crippen LogP contribution in [0.1, 0.15) is 38.7 Å². The molecule has 1 N–H and O–H groups in total. The van der Waals surface area contributed by atoms with Crippen molar-refractivity contribution in [1.29, 1.82) is 0 Å². The summed E-state index contributed by atoms with van der Waals surface area (Å²) in [4.78, 5) is 20.8. The number of carbonyl (C=O) groups is 1. The number of rotatable bonds is 2. The number of halogens is 2. The van der Waals surface area contributed by atoms with E-state index in [0.29, 0.717) is 18.0 Å². The van der Waals surface area contributed by atoms with Crippen LogP contribution in [0.3, 0.4) is 0 Å². The van der Waals surface area contributed by atoms with Crippen LogP contribution in [0.4, 0.5) is 8.78 Å². The minimum absolute atomic E-state index is 0.137. The van der Waals surface area contributed by atoms with E-state index in [9.17, 15) is 13.6 Å². The van der Waals surface area contributed by atoms with E-state index in [4.69, 9.17) is 0 Å². The molecule has 0 bridgehead atoms. The van der Waals surface area contributed by atoms with Crippen LogP contribution in [0.25, 0.3) is 0 Å². The summed E-state index contributed by atoms with van der Waals surface area (Å²) in [5.41, 5.74) is 0.851. The highest BCUT2D eigenvalue weighted by atomic mass is 32.2. The van der Waals surface area contributed by atoms with Crippen molar-refractivity contribution in [3.8, 4) is 0 Å². The van der Waals surface area contributed by atoms with Gasteiger partial charge in [0.25, 0.3) is 5.92 Å². The summed E-state index contributed by atoms with van der Waals surface area (Å²) in [6.07, 6.45) is 3.85. The number of hydrogen-bond donors (Lipinski definition) is 1. The fourth-order valence-corrected chi connectivity index (χ4v) is 4.12. The van der Waals surface area contributed by atoms with Gasteiger partial charge in [-0.3, -0.25) is 14.8 Å². The second-order valence-electron chi connectivity index (χ2n) is 6.35. The van der Waals surface area contributed by atoms with Crippen LogP contribution in [0.2, 0.25) is 0 Å². The van der Waals surface area contributed by atoms with Gasteiger partial charge >= 0.3 is 0 Å². The molecule has 0 radical (unpaired) electrons. The predicted molar refractivity (Wildman–Crippen MR) is 86.5 cm³/mol. The Hall–Kier alpha value is -1.50. The van der Waals surface area contributed by atoms with Crippen molar-refractivity contribution >= 4 is 22.8 Å². The van der Waals surface area contributed by atoms with Gasteiger partial charge in [0.2, 0.25) is 5.91 Å². The van der Waals surface area contributed by atoms with Crippen molar-refractivity contribution in [3.63, 3.8) is 0 Å². The molecule has 2 heterocycles. The summed E-state index contributed by atoms with van der Waals surface area (Å²) in [6, 6.07) is 3.45. The molecule has 1 aliphatic carbocycles. The van der Waals surface area contributed by atoms with Gasteiger partial charge in [0.15, 0.2) is 5.17 Å². The third-order valence-electron chi connectivity index (χ3n) is 4.64. The highest BCUT2D eigenvalue weighted by molar-refractivity contribution is 8.15. The summed E-state index contributed by atoms with van der Waals surface area (Å²) in [5, 5.41) is 3.32. The zero-order chi connectivity index (χ0) is 16.7. The molecule has 1 unspecified atom stereocenters. The fraction of sp³-hybridized carbons (Fsp3) is 0.562. The number of amidine groups is 1. The number of nitrogens with zero attached hydrogens (tertiary/aromatic N) is 2. The van der Waals surface area contributed by atoms with Gasteiger partial charge < -0.3 is 5.32 Å². The average Bonchev–Trinajstić information content (AvgIpc) is 2.80. The molecule has 3 atom stereocenters. The smallest absolute Gasteiger partial charge is 0.250 e. The third kappa shape index (κ3) is 3.11. The molecule has 1 aliphatic heterocycles. The van der Waals surface area contributed by atoms with Crippen molar-refractivity contribution in [1.82, 2.24) is 10.3 Å². The second-order valence-corrected chi connectivity index (χ2v) is 7.76. The van der Waals surface area contributed by atoms with E-state index in [2.05, 4.69) is 15.3 Å². The van der Waals surface area contributed by atoms with E-state index in [1.54, 1.807) is 31.5 Å². The molecule has 3 rings (SSSR count). The zero-order valence-corrected chi connectivity index (χ0v) is 13.9. The SMILES string of the molecule is C[C@@H]1C[C@H](N=C2NC(=O)C(C)(c3ccncc3)S2)CCC1(F)F. The summed E-state index contributed by atoms with van der Waals surface area (Å²) in [5.74, 6) is -3.42. The zero-order valence-electron chi connectivity index (χ0n) is 13.1. The number of pyridine rings is 1. The van der Waals surface area contributed by atoms with Crippen molar-refractivity contribution in [2.75, 3.05) is 0 Å². The Morgan fingerprint density at radius 1 is 1.39 bits per heavy atom. The molecule has 1 aromatic rings. The number of thioether (sulfide) groups is 1. The molecule has 23 heavy (non-hydrogen) atoms. The quantitative estimate of drug-likeness (QED) is 0.899. The molecule has 0 aromatic carbocycles. The van der Waals surface area contributed by atoms with E-state index in [-0.39, 0.29) is 18.4 Å². The van der Waals surface area contributed by atoms with E-state index in [0.717, 1.165) is 5.56 Å². The van der Waals surface area contributed by atoms with Crippen LogP contribution in [0.5, 0.6) is 0 Å². The van der Waals surface area contributed by atoms with E-state index >= 15 is 0 Å². The van der Waals surface area contributed by atoms with Gasteiger partial charge in [-0.1, -0.05) is 18.7 Å². The standard InChI is InChI=1S/C16H19F2N3OS/c1-10-9-12(3-6-16(10,17)18)20-14-21-13(22)15(2,23-14)11-4-7-19-8-5-11/h4-5,7-8,10,12H,3,6,9H2,1-2H3,(H,20,21,22)/t10-,12-,15?/m1/s1. The van der Waals surface area contributed by atoms with E-state index in [1.807, 2.05) is 6.92 Å². The number of hydrogen-bond acceptors (Lipinski definition) is 4. The largest absolute Gasteiger partial charge is 0.304 e. The van der Waals surface area contributed by atoms with Gasteiger partial charge in [0.05, 0.1) is 6.04 Å². The number of amides is 1. The van der Waals surface area contributed by atoms with Crippen molar-refractivity contribution in [2.45, 2.75) is 49.8 Å². The Morgan fingerprint density at radius 3 is 2.74 bits per heavy atom. The highest BCUT2D eigenvalue weighted by Crippen LogP contribution is 2.43. The summed E-state index contributed by atoms with van der Waals surface area (Å²) >= 11 is 1.34. The minimum Gasteiger partial charge on any atom is -0.304 e. The molecule has 2 aliphatic rings. The van der Waals surface area contributed by atoms with Gasteiger partial charge in [0.1, 0.15) is 4.75 Å². The number of alkyl halides is 2. The topological polar surface area (TPSA) is 54.4 Å². The molecule has 1 saturated carbocycles. The average molecular weight is 339 g/mol. The van der Waals surface area contributed by atoms with Crippen LogP contribution >= 0.6 is 11.8 Å². The molecular formula is C16H19F2N3OS. The van der Waals surface area contributed by atoms with Crippen LogP contribution in [0.15, 0.2) is 29.5 Å². The van der Waals surface area contributed by atoms with Crippen molar-refractivity contribution < 1.29 is 13.6 Å². The maximum Gasteiger partial charge on any atom is 0.250 e. The predicted octanol–water partition coefficient (Wildman–Crippen LogP) is 3.34. The minimum atomic E-state index is -2.60. The van der Waals surface area contributed by atoms with Gasteiger partial charge in [-0.05, 0) is 37.5 Å². The lowest BCUT2D eigenvalue weighted by Gasteiger charge is -2.32. The Balaban J connectivity index is 1.75. The van der Waals surface area contributed by atoms with Crippen LogP contribution in [-0.4, -0.2) is 28.0 Å². The molecule has 2 fully saturated rings. The summed E-state index contributed by atoms with van der Waals surface area (Å²) in [6.45, 7) is 3.40. The van der Waals surface area contributed by atoms with Crippen LogP contribution in [0, 0.1) is 5.92 Å². The van der Waals surface area contributed by atoms with Crippen molar-refractivity contribution in [3.05, 3.63) is 30.1 Å². The Labute approximate surface area is 138 Å². The Morgan fingerprint density at radius 2 is 2.09 bits per heavy atom. The molecule has 0 spiro atoms. The molecule has 124 valence electrons. The highest BCUT2D eigenvalue weighted by Gasteiger charge is 2.45. The first-order chi connectivity index (χ1) is 10.8. The van der Waals surface area contributed by atoms with Crippen LogP contribution < -0.4 is 5.32 Å². The molecule has 7 heteroatoms. The third-order valence-corrected chi connectivity index (χ3v) is 5.87. The summed E-state index contributed by atoms with van der Waals surface area (Å²) in [7, 11) is 0. The number of aliphatic imine (C=N–C) groups is 1. The van der Waals surface area contributed by atoms with Crippen molar-refractivity contribution in [2.24, 2.45) is 10.9 Å². The maximum atomic E-state index is 13.6. The fourth-order valence-electron chi connectivity index (χ4n) is 2.99. The normalized spacial score (nSPS) is 35.3. The van der Waals surface area contributed by atoms with Crippen LogP contribution in [-0.2, 0) is 9.54 Å². The first-order valence-corrected chi connectivity index (χ1v) is 8.49. The van der Waals surface area contributed by atoms with Gasteiger partial charge in [-0.25, -0.2) is 8.78 Å². The summed E-state index contributed by atoms with van der Waals surface area (Å²) < 4.78 is 26.4. The Bertz CT molecular complexity index is 637. The number of carbonyl (C=O) groups excluding carboxylic acids is 1. The first kappa shape index (κ1) is 16.4. The van der Waals surface area contributed by atoms with E-state index < -0.39 is 16.6 Å². The molecule has 1 aromatic heterocycles. The van der Waals surface area contributed by atoms with Gasteiger partial charge in [-0.2, -0.15) is 0 Å². The number of nitrogens with one attached hydrogen (secondary N) is 1. The lowest BCUT2D eigenvalue weighted by molar-refractivity contribution is -0.121. The van der Waals surface area contributed by atoms with Gasteiger partial charge in [0, 0.05) is 24.7 Å². The lowest BCUT2D eigenvalue weighted by Crippen LogP contribution is -2.36. The Kier molecular flexibility index (Phi) is 4.16. The molecule has 4 nitrogen and oxygen atoms in total. The van der Waals surface area contributed by atoms with E-state index in [1.165, 1.54) is 11.8 Å². The second kappa shape index (κ2) is 5.85. The molecule has 1 amide bonds. The first-order valence-electron chi connectivity index (χ1n) is 7.68. The van der Waals surface area contributed by atoms with Gasteiger partial charge in [-0.15, -0.1) is 0 Å². The maximum absolute atomic E-state index is 13.6. The number of aromatic nitrogens is 1. The molecule has 1 saturated heterocycles. The molecular weight excluding hydrogens is 320 g/mol. The monoisotopic (exact) mass is 339 g/mol.